The summed E-state index contributed by atoms with van der Waals surface area (Å²) < 4.78 is 5.98. The molecule has 1 saturated carbocycles. The number of fused-ring (bicyclic) bond motifs is 1. The Hall–Kier alpha value is -2.65. The highest BCUT2D eigenvalue weighted by molar-refractivity contribution is 5.86. The van der Waals surface area contributed by atoms with Crippen LogP contribution < -0.4 is 5.32 Å². The van der Waals surface area contributed by atoms with Crippen LogP contribution >= 0.6 is 0 Å². The largest absolute Gasteiger partial charge is 0.481 e. The highest BCUT2D eigenvalue weighted by Crippen LogP contribution is 2.48. The van der Waals surface area contributed by atoms with Crippen LogP contribution in [0.15, 0.2) is 6.20 Å². The zero-order chi connectivity index (χ0) is 18.0. The van der Waals surface area contributed by atoms with E-state index in [-0.39, 0.29) is 24.2 Å². The van der Waals surface area contributed by atoms with Crippen LogP contribution in [-0.2, 0) is 16.1 Å². The molecular formula is C15H21N5O5. The van der Waals surface area contributed by atoms with E-state index in [9.17, 15) is 19.5 Å². The molecule has 1 aromatic rings. The van der Waals surface area contributed by atoms with Gasteiger partial charge < -0.3 is 20.1 Å². The molecule has 2 atom stereocenters. The molecule has 136 valence electrons. The van der Waals surface area contributed by atoms with Gasteiger partial charge in [0.05, 0.1) is 25.3 Å². The van der Waals surface area contributed by atoms with Crippen LogP contribution in [0.25, 0.3) is 0 Å². The van der Waals surface area contributed by atoms with Crippen LogP contribution in [0.1, 0.15) is 29.8 Å². The zero-order valence-corrected chi connectivity index (χ0v) is 14.0. The van der Waals surface area contributed by atoms with Crippen LogP contribution in [0, 0.1) is 11.3 Å². The van der Waals surface area contributed by atoms with Gasteiger partial charge in [0.1, 0.15) is 0 Å². The predicted octanol–water partition coefficient (Wildman–Crippen LogP) is -0.0390. The van der Waals surface area contributed by atoms with E-state index in [0.717, 1.165) is 12.8 Å². The number of methoxy groups -OCH3 is 1. The lowest BCUT2D eigenvalue weighted by molar-refractivity contribution is -0.149. The van der Waals surface area contributed by atoms with Crippen LogP contribution in [0.2, 0.25) is 0 Å². The standard InChI is InChI=1S/C15H21N5O5/c1-25-12(21)11-8-20(18-17-11)6-5-16-14(24)19-7-10-3-2-4-15(10,9-19)13(22)23/h8,10H,2-7,9H2,1H3,(H,16,24)(H,22,23)/t10-,15+/m0/s1. The summed E-state index contributed by atoms with van der Waals surface area (Å²) in [6.45, 7) is 1.38. The lowest BCUT2D eigenvalue weighted by atomic mass is 9.81. The maximum atomic E-state index is 12.3. The molecule has 1 aliphatic carbocycles. The van der Waals surface area contributed by atoms with Crippen molar-refractivity contribution >= 4 is 18.0 Å². The number of rotatable bonds is 5. The van der Waals surface area contributed by atoms with Gasteiger partial charge in [-0.15, -0.1) is 5.10 Å². The Bertz CT molecular complexity index is 690. The molecule has 2 N–H and O–H groups in total. The Labute approximate surface area is 144 Å². The minimum atomic E-state index is -0.803. The van der Waals surface area contributed by atoms with Crippen molar-refractivity contribution in [3.63, 3.8) is 0 Å². The normalized spacial score (nSPS) is 24.8. The molecule has 0 bridgehead atoms. The van der Waals surface area contributed by atoms with Crippen LogP contribution in [0.5, 0.6) is 0 Å². The van der Waals surface area contributed by atoms with Crippen molar-refractivity contribution in [2.45, 2.75) is 25.8 Å². The third-order valence-electron chi connectivity index (χ3n) is 5.13. The minimum Gasteiger partial charge on any atom is -0.481 e. The van der Waals surface area contributed by atoms with E-state index in [4.69, 9.17) is 0 Å². The number of likely N-dealkylation sites (tertiary alicyclic amines) is 1. The fourth-order valence-corrected chi connectivity index (χ4v) is 3.79. The third-order valence-corrected chi connectivity index (χ3v) is 5.13. The van der Waals surface area contributed by atoms with Crippen molar-refractivity contribution in [2.75, 3.05) is 26.7 Å². The van der Waals surface area contributed by atoms with E-state index in [1.165, 1.54) is 18.0 Å². The first-order valence-electron chi connectivity index (χ1n) is 8.21. The number of aliphatic carboxylic acids is 1. The van der Waals surface area contributed by atoms with Gasteiger partial charge in [-0.3, -0.25) is 4.79 Å². The Kier molecular flexibility index (Phi) is 4.60. The number of aromatic nitrogens is 3. The Balaban J connectivity index is 1.50. The second kappa shape index (κ2) is 6.69. The number of hydrogen-bond acceptors (Lipinski definition) is 6. The van der Waals surface area contributed by atoms with Gasteiger partial charge in [-0.2, -0.15) is 0 Å². The summed E-state index contributed by atoms with van der Waals surface area (Å²) in [5.74, 6) is -1.34. The number of esters is 1. The van der Waals surface area contributed by atoms with Gasteiger partial charge in [0, 0.05) is 19.6 Å². The average Bonchev–Trinajstić information content (AvgIpc) is 3.27. The third kappa shape index (κ3) is 3.15. The molecule has 1 aliphatic heterocycles. The molecular weight excluding hydrogens is 330 g/mol. The summed E-state index contributed by atoms with van der Waals surface area (Å²) in [6, 6.07) is -0.275. The summed E-state index contributed by atoms with van der Waals surface area (Å²) >= 11 is 0. The summed E-state index contributed by atoms with van der Waals surface area (Å²) in [5, 5.41) is 19.8. The summed E-state index contributed by atoms with van der Waals surface area (Å²) in [7, 11) is 1.26. The number of carbonyl (C=O) groups excluding carboxylic acids is 2. The highest BCUT2D eigenvalue weighted by atomic mass is 16.5. The van der Waals surface area contributed by atoms with E-state index in [2.05, 4.69) is 20.4 Å². The molecule has 0 aromatic carbocycles. The van der Waals surface area contributed by atoms with E-state index < -0.39 is 17.4 Å². The van der Waals surface area contributed by atoms with Gasteiger partial charge in [-0.25, -0.2) is 14.3 Å². The lowest BCUT2D eigenvalue weighted by Gasteiger charge is -2.23. The van der Waals surface area contributed by atoms with Crippen molar-refractivity contribution in [2.24, 2.45) is 11.3 Å². The van der Waals surface area contributed by atoms with Gasteiger partial charge in [0.25, 0.3) is 0 Å². The smallest absolute Gasteiger partial charge is 0.360 e. The van der Waals surface area contributed by atoms with Gasteiger partial charge in [0.15, 0.2) is 5.69 Å². The van der Waals surface area contributed by atoms with E-state index >= 15 is 0 Å². The number of hydrogen-bond donors (Lipinski definition) is 2. The molecule has 2 heterocycles. The van der Waals surface area contributed by atoms with Crippen LogP contribution in [0.3, 0.4) is 0 Å². The summed E-state index contributed by atoms with van der Waals surface area (Å²) in [6.07, 6.45) is 3.83. The summed E-state index contributed by atoms with van der Waals surface area (Å²) in [4.78, 5) is 36.8. The molecule has 3 rings (SSSR count). The monoisotopic (exact) mass is 351 g/mol. The maximum Gasteiger partial charge on any atom is 0.360 e. The Morgan fingerprint density at radius 3 is 2.96 bits per heavy atom. The molecule has 2 fully saturated rings. The molecule has 0 radical (unpaired) electrons. The number of nitrogens with one attached hydrogen (secondary N) is 1. The molecule has 25 heavy (non-hydrogen) atoms. The van der Waals surface area contributed by atoms with Crippen LogP contribution in [-0.4, -0.2) is 69.7 Å². The average molecular weight is 351 g/mol. The van der Waals surface area contributed by atoms with E-state index in [1.807, 2.05) is 0 Å². The number of ether oxygens (including phenoxy) is 1. The predicted molar refractivity (Wildman–Crippen MR) is 83.7 cm³/mol. The second-order valence-corrected chi connectivity index (χ2v) is 6.52. The first kappa shape index (κ1) is 17.2. The van der Waals surface area contributed by atoms with E-state index in [1.54, 1.807) is 4.90 Å². The zero-order valence-electron chi connectivity index (χ0n) is 14.0. The molecule has 10 heteroatoms. The molecule has 1 saturated heterocycles. The first-order chi connectivity index (χ1) is 12.0. The number of urea groups is 1. The van der Waals surface area contributed by atoms with Gasteiger partial charge in [0.2, 0.25) is 0 Å². The fraction of sp³-hybridized carbons (Fsp3) is 0.667. The lowest BCUT2D eigenvalue weighted by Crippen LogP contribution is -2.42. The molecule has 10 nitrogen and oxygen atoms in total. The van der Waals surface area contributed by atoms with Crippen molar-refractivity contribution in [1.29, 1.82) is 0 Å². The van der Waals surface area contributed by atoms with Gasteiger partial charge in [-0.05, 0) is 18.8 Å². The molecule has 0 unspecified atom stereocenters. The molecule has 2 amide bonds. The van der Waals surface area contributed by atoms with Gasteiger partial charge in [-0.1, -0.05) is 11.6 Å². The molecule has 2 aliphatic rings. The second-order valence-electron chi connectivity index (χ2n) is 6.52. The Morgan fingerprint density at radius 1 is 1.48 bits per heavy atom. The fourth-order valence-electron chi connectivity index (χ4n) is 3.79. The summed E-state index contributed by atoms with van der Waals surface area (Å²) in [5.41, 5.74) is -0.678. The first-order valence-corrected chi connectivity index (χ1v) is 8.21. The number of carbonyl (C=O) groups is 3. The SMILES string of the molecule is COC(=O)c1cn(CCNC(=O)N2C[C@@H]3CCC[C@@]3(C(=O)O)C2)nn1. The van der Waals surface area contributed by atoms with Crippen LogP contribution in [0.4, 0.5) is 4.79 Å². The minimum absolute atomic E-state index is 0.0358. The maximum absolute atomic E-state index is 12.3. The molecule has 0 spiro atoms. The van der Waals surface area contributed by atoms with Gasteiger partial charge >= 0.3 is 18.0 Å². The number of nitrogens with zero attached hydrogens (tertiary/aromatic N) is 4. The van der Waals surface area contributed by atoms with Crippen molar-refractivity contribution in [3.8, 4) is 0 Å². The number of carboxylic acids is 1. The molecule has 1 aromatic heterocycles. The number of carboxylic acid groups (broad SMARTS) is 1. The van der Waals surface area contributed by atoms with Crippen molar-refractivity contribution < 1.29 is 24.2 Å². The topological polar surface area (TPSA) is 127 Å². The van der Waals surface area contributed by atoms with Crippen molar-refractivity contribution in [3.05, 3.63) is 11.9 Å². The Morgan fingerprint density at radius 2 is 2.28 bits per heavy atom. The quantitative estimate of drug-likeness (QED) is 0.713. The highest BCUT2D eigenvalue weighted by Gasteiger charge is 2.55. The van der Waals surface area contributed by atoms with Crippen molar-refractivity contribution in [1.82, 2.24) is 25.2 Å². The number of amides is 2. The van der Waals surface area contributed by atoms with E-state index in [0.29, 0.717) is 26.1 Å².